The molecule has 0 aromatic heterocycles. The minimum atomic E-state index is 1.17. The van der Waals surface area contributed by atoms with Crippen molar-refractivity contribution in [1.29, 1.82) is 0 Å². The van der Waals surface area contributed by atoms with E-state index in [4.69, 9.17) is 9.36 Å². The lowest BCUT2D eigenvalue weighted by Gasteiger charge is -0.837. The summed E-state index contributed by atoms with van der Waals surface area (Å²) in [6.07, 6.45) is 0. The highest BCUT2D eigenvalue weighted by Crippen LogP contribution is 1.23. The van der Waals surface area contributed by atoms with Crippen molar-refractivity contribution in [1.82, 2.24) is 0 Å². The molecule has 0 amide bonds. The average Bonchev–Trinajstić information content (AvgIpc) is 1.50. The van der Waals surface area contributed by atoms with E-state index in [1.54, 1.807) is 0 Å². The second-order valence-electron chi connectivity index (χ2n) is 0. The van der Waals surface area contributed by atoms with Crippen molar-refractivity contribution in [2.45, 2.75) is 0 Å². The Labute approximate surface area is 26.4 Å². The van der Waals surface area contributed by atoms with Gasteiger partial charge in [0.25, 0.3) is 0 Å². The normalized spacial score (nSPS) is 2.00. The fraction of sp³-hybridized carbons (Fsp3) is 0. The highest BCUT2D eigenvalue weighted by Gasteiger charge is 0.849. The van der Waals surface area contributed by atoms with Crippen molar-refractivity contribution in [2.75, 3.05) is 0 Å². The van der Waals surface area contributed by atoms with E-state index < -0.39 is 0 Å². The maximum Gasteiger partial charge on any atom is 0.310 e. The van der Waals surface area contributed by atoms with Gasteiger partial charge in [-0.25, -0.2) is 0 Å². The first kappa shape index (κ1) is 9.23. The largest absolute Gasteiger partial charge is 0.310 e. The zero-order valence-corrected chi connectivity index (χ0v) is 3.26. The van der Waals surface area contributed by atoms with E-state index in [-0.39, 0.29) is 0 Å². The van der Waals surface area contributed by atoms with E-state index in [1.165, 1.54) is 9.12 Å². The second kappa shape index (κ2) is 164. The molecule has 0 N–H and O–H groups in total. The third-order valence-corrected chi connectivity index (χ3v) is 0. The first-order chi connectivity index (χ1) is 2.00. The molecule has 0 fully saturated rings. The van der Waals surface area contributed by atoms with Gasteiger partial charge in [0.2, 0.25) is 0 Å². The Morgan fingerprint density at radius 3 is 1.25 bits per heavy atom. The molecule has 0 aliphatic heterocycles. The van der Waals surface area contributed by atoms with Crippen LogP contribution in [0.2, 0.25) is 0 Å². The van der Waals surface area contributed by atoms with Crippen LogP contribution in [-0.4, -0.2) is 6.79 Å². The first-order valence-corrected chi connectivity index (χ1v) is 0.996. The quantitative estimate of drug-likeness (QED) is 0.383. The Hall–Kier alpha value is -0.230. The number of hydrogen-bond donors (Lipinski definition) is 0. The van der Waals surface area contributed by atoms with E-state index in [2.05, 4.69) is 0 Å². The van der Waals surface area contributed by atoms with Crippen LogP contribution in [0.1, 0.15) is 0 Å². The number of rotatable bonds is 0. The summed E-state index contributed by atoms with van der Waals surface area (Å²) in [6, 6.07) is 0. The van der Waals surface area contributed by atoms with Gasteiger partial charge in [-0.05, 0) is 0 Å². The van der Waals surface area contributed by atoms with Gasteiger partial charge >= 0.3 is 9.12 Å². The maximum absolute atomic E-state index is 8.17. The minimum Gasteiger partial charge on any atom is -0.307 e. The molecular weight excluding hydrogens is 75.0 g/mol. The SMILES string of the molecule is C=O.O=[PH2+]. The van der Waals surface area contributed by atoms with E-state index in [0.29, 0.717) is 0 Å². The molecule has 0 aromatic carbocycles. The summed E-state index contributed by atoms with van der Waals surface area (Å²) in [5, 5.41) is 0. The summed E-state index contributed by atoms with van der Waals surface area (Å²) < 4.78 is 8.17. The average molecular weight is 79.0 g/mol. The Morgan fingerprint density at radius 1 is 1.25 bits per heavy atom. The predicted molar refractivity (Wildman–Crippen MR) is 17.5 cm³/mol. The van der Waals surface area contributed by atoms with Crippen molar-refractivity contribution < 1.29 is 9.36 Å². The predicted octanol–water partition coefficient (Wildman–Crippen LogP) is 0.0221. The highest BCUT2D eigenvalue weighted by atomic mass is 31.0. The Balaban J connectivity index is 0. The lowest BCUT2D eigenvalue weighted by Crippen LogP contribution is -0.925. The molecule has 4 heavy (non-hydrogen) atoms. The lowest BCUT2D eigenvalue weighted by molar-refractivity contribution is -0.0979. The molecule has 0 saturated carbocycles. The molecule has 0 bridgehead atoms. The molecule has 0 radical (unpaired) electrons. The van der Waals surface area contributed by atoms with Gasteiger partial charge in [0.05, 0.1) is 0 Å². The third-order valence-electron chi connectivity index (χ3n) is 0. The first-order valence-electron chi connectivity index (χ1n) is 0.524. The van der Waals surface area contributed by atoms with Gasteiger partial charge in [-0.2, -0.15) is 0 Å². The zero-order valence-electron chi connectivity index (χ0n) is 2.10. The van der Waals surface area contributed by atoms with Crippen LogP contribution in [0.4, 0.5) is 0 Å². The molecule has 0 aromatic rings. The van der Waals surface area contributed by atoms with E-state index in [1.807, 2.05) is 6.79 Å². The van der Waals surface area contributed by atoms with Gasteiger partial charge in [-0.1, -0.05) is 4.57 Å². The van der Waals surface area contributed by atoms with Crippen molar-refractivity contribution >= 4 is 15.9 Å². The van der Waals surface area contributed by atoms with Crippen LogP contribution in [0.25, 0.3) is 0 Å². The van der Waals surface area contributed by atoms with E-state index >= 15 is 0 Å². The van der Waals surface area contributed by atoms with Gasteiger partial charge in [0.15, 0.2) is 0 Å². The van der Waals surface area contributed by atoms with Crippen molar-refractivity contribution in [3.63, 3.8) is 0 Å². The molecule has 0 saturated heterocycles. The Kier molecular flexibility index (Phi) is 379. The smallest absolute Gasteiger partial charge is 0.307 e. The molecule has 2 nitrogen and oxygen atoms in total. The van der Waals surface area contributed by atoms with Crippen LogP contribution in [0.5, 0.6) is 0 Å². The van der Waals surface area contributed by atoms with Crippen LogP contribution in [0.3, 0.4) is 0 Å². The summed E-state index contributed by atoms with van der Waals surface area (Å²) in [5.41, 5.74) is 0. The Morgan fingerprint density at radius 2 is 1.25 bits per heavy atom. The maximum atomic E-state index is 8.17. The zero-order chi connectivity index (χ0) is 4.00. The van der Waals surface area contributed by atoms with Crippen LogP contribution >= 0.6 is 9.12 Å². The van der Waals surface area contributed by atoms with Crippen LogP contribution in [0, 0.1) is 0 Å². The van der Waals surface area contributed by atoms with E-state index in [0.717, 1.165) is 0 Å². The van der Waals surface area contributed by atoms with Gasteiger partial charge in [0.1, 0.15) is 6.79 Å². The number of carbonyl (C=O) groups is 1. The van der Waals surface area contributed by atoms with Crippen molar-refractivity contribution in [2.24, 2.45) is 0 Å². The molecule has 3 heteroatoms. The van der Waals surface area contributed by atoms with Crippen molar-refractivity contribution in [3.05, 3.63) is 0 Å². The van der Waals surface area contributed by atoms with Crippen molar-refractivity contribution in [3.8, 4) is 0 Å². The fourth-order valence-electron chi connectivity index (χ4n) is 0. The summed E-state index contributed by atoms with van der Waals surface area (Å²) in [4.78, 5) is 8.00. The van der Waals surface area contributed by atoms with Crippen LogP contribution in [-0.2, 0) is 9.36 Å². The molecule has 0 heterocycles. The van der Waals surface area contributed by atoms with Gasteiger partial charge in [-0.3, -0.25) is 0 Å². The van der Waals surface area contributed by atoms with Crippen LogP contribution < -0.4 is 0 Å². The number of carbonyl (C=O) groups excluding carboxylic acids is 1. The van der Waals surface area contributed by atoms with Gasteiger partial charge in [-0.15, -0.1) is 0 Å². The molecule has 1 unspecified atom stereocenters. The molecule has 0 spiro atoms. The topological polar surface area (TPSA) is 34.1 Å². The van der Waals surface area contributed by atoms with Gasteiger partial charge in [0, 0.05) is 0 Å². The fourth-order valence-corrected chi connectivity index (χ4v) is 0. The summed E-state index contributed by atoms with van der Waals surface area (Å²) in [6.45, 7) is 2.00. The summed E-state index contributed by atoms with van der Waals surface area (Å²) >= 11 is 0. The molecule has 0 rings (SSSR count). The van der Waals surface area contributed by atoms with E-state index in [9.17, 15) is 0 Å². The monoisotopic (exact) mass is 79.0 g/mol. The standard InChI is InChI=1S/CH2O.H2OP/c2*1-2/h1H2;2H2/q;+1. The second-order valence-corrected chi connectivity index (χ2v) is 0. The molecule has 0 aliphatic rings. The summed E-state index contributed by atoms with van der Waals surface area (Å²) in [7, 11) is 1.17. The molecule has 0 aliphatic carbocycles. The molecule has 1 atom stereocenters. The lowest BCUT2D eigenvalue weighted by atomic mass is 11.9. The van der Waals surface area contributed by atoms with Crippen LogP contribution in [0.15, 0.2) is 0 Å². The molecular formula is CH4O2P+. The Bertz CT molecular complexity index is 8.00. The highest BCUT2D eigenvalue weighted by molar-refractivity contribution is 7.00. The summed E-state index contributed by atoms with van der Waals surface area (Å²) in [5.74, 6) is 0. The minimum absolute atomic E-state index is 1.17. The number of hydrogen-bond acceptors (Lipinski definition) is 2. The van der Waals surface area contributed by atoms with Gasteiger partial charge < -0.3 is 4.79 Å². The molecule has 24 valence electrons. The third kappa shape index (κ3) is 19.8.